The molecule has 0 unspecified atom stereocenters. The van der Waals surface area contributed by atoms with Gasteiger partial charge in [-0.25, -0.2) is 9.59 Å². The molecule has 2 rings (SSSR count). The monoisotopic (exact) mass is 249 g/mol. The van der Waals surface area contributed by atoms with E-state index < -0.39 is 17.3 Å². The van der Waals surface area contributed by atoms with E-state index in [1.807, 2.05) is 0 Å². The molecule has 5 nitrogen and oxygen atoms in total. The van der Waals surface area contributed by atoms with Crippen LogP contribution >= 0.6 is 0 Å². The van der Waals surface area contributed by atoms with Crippen molar-refractivity contribution in [3.05, 3.63) is 34.8 Å². The van der Waals surface area contributed by atoms with E-state index in [4.69, 9.17) is 9.15 Å². The average molecular weight is 249 g/mol. The smallest absolute Gasteiger partial charge is 0.420 e. The molecule has 0 atom stereocenters. The summed E-state index contributed by atoms with van der Waals surface area (Å²) in [6.45, 7) is 5.26. The number of aromatic nitrogens is 1. The van der Waals surface area contributed by atoms with Crippen molar-refractivity contribution in [1.82, 2.24) is 4.57 Å². The quantitative estimate of drug-likeness (QED) is 0.779. The number of carbonyl (C=O) groups excluding carboxylic acids is 1. The highest BCUT2D eigenvalue weighted by atomic mass is 16.5. The largest absolute Gasteiger partial charge is 0.464 e. The summed E-state index contributed by atoms with van der Waals surface area (Å²) in [6.07, 6.45) is 0. The Morgan fingerprint density at radius 3 is 2.72 bits per heavy atom. The Hall–Kier alpha value is -2.04. The molecule has 5 heteroatoms. The Bertz CT molecular complexity index is 636. The second kappa shape index (κ2) is 4.33. The number of hydrogen-bond acceptors (Lipinski definition) is 4. The molecule has 0 aliphatic carbocycles. The zero-order valence-corrected chi connectivity index (χ0v) is 10.6. The van der Waals surface area contributed by atoms with Crippen molar-refractivity contribution < 1.29 is 13.9 Å². The predicted molar refractivity (Wildman–Crippen MR) is 66.4 cm³/mol. The van der Waals surface area contributed by atoms with E-state index in [9.17, 15) is 9.59 Å². The molecule has 0 saturated heterocycles. The first-order valence-electron chi connectivity index (χ1n) is 5.76. The van der Waals surface area contributed by atoms with Crippen LogP contribution in [0.3, 0.4) is 0 Å². The van der Waals surface area contributed by atoms with E-state index in [0.717, 1.165) is 0 Å². The van der Waals surface area contributed by atoms with Crippen molar-refractivity contribution in [3.63, 3.8) is 0 Å². The molecule has 0 spiro atoms. The molecule has 1 heterocycles. The maximum Gasteiger partial charge on any atom is 0.420 e. The molecule has 0 fully saturated rings. The van der Waals surface area contributed by atoms with Gasteiger partial charge in [-0.15, -0.1) is 0 Å². The van der Waals surface area contributed by atoms with Gasteiger partial charge in [-0.05, 0) is 32.9 Å². The number of esters is 1. The molecule has 0 radical (unpaired) electrons. The summed E-state index contributed by atoms with van der Waals surface area (Å²) in [6, 6.07) is 6.98. The van der Waals surface area contributed by atoms with Gasteiger partial charge < -0.3 is 9.15 Å². The first kappa shape index (κ1) is 12.4. The number of benzene rings is 1. The van der Waals surface area contributed by atoms with Gasteiger partial charge in [0, 0.05) is 0 Å². The number of hydrogen-bond donors (Lipinski definition) is 0. The van der Waals surface area contributed by atoms with E-state index in [1.165, 1.54) is 4.57 Å². The predicted octanol–water partition coefficient (Wildman–Crippen LogP) is 1.89. The van der Waals surface area contributed by atoms with Crippen molar-refractivity contribution in [1.29, 1.82) is 0 Å². The summed E-state index contributed by atoms with van der Waals surface area (Å²) >= 11 is 0. The van der Waals surface area contributed by atoms with Crippen LogP contribution in [0.1, 0.15) is 20.8 Å². The van der Waals surface area contributed by atoms with Gasteiger partial charge in [0.25, 0.3) is 0 Å². The number of ether oxygens (including phenoxy) is 1. The zero-order valence-electron chi connectivity index (χ0n) is 10.6. The van der Waals surface area contributed by atoms with Crippen LogP contribution in [0, 0.1) is 0 Å². The molecule has 0 saturated carbocycles. The third-order valence-electron chi connectivity index (χ3n) is 2.82. The van der Waals surface area contributed by atoms with Crippen molar-refractivity contribution in [2.24, 2.45) is 0 Å². The Balaban J connectivity index is 2.63. The van der Waals surface area contributed by atoms with E-state index >= 15 is 0 Å². The minimum Gasteiger partial charge on any atom is -0.464 e. The zero-order chi connectivity index (χ0) is 13.3. The van der Waals surface area contributed by atoms with Gasteiger partial charge in [0.15, 0.2) is 5.58 Å². The van der Waals surface area contributed by atoms with E-state index in [-0.39, 0.29) is 6.61 Å². The van der Waals surface area contributed by atoms with Crippen LogP contribution in [0.5, 0.6) is 0 Å². The fourth-order valence-electron chi connectivity index (χ4n) is 1.89. The van der Waals surface area contributed by atoms with Crippen LogP contribution in [-0.2, 0) is 15.1 Å². The van der Waals surface area contributed by atoms with Gasteiger partial charge in [-0.3, -0.25) is 4.57 Å². The molecule has 1 aromatic heterocycles. The van der Waals surface area contributed by atoms with E-state index in [0.29, 0.717) is 11.1 Å². The molecule has 96 valence electrons. The molecule has 0 N–H and O–H groups in total. The second-order valence-corrected chi connectivity index (χ2v) is 4.45. The summed E-state index contributed by atoms with van der Waals surface area (Å²) in [5.74, 6) is -1.02. The highest BCUT2D eigenvalue weighted by molar-refractivity contribution is 5.82. The molecule has 18 heavy (non-hydrogen) atoms. The maximum absolute atomic E-state index is 11.9. The normalized spacial score (nSPS) is 11.7. The standard InChI is InChI=1S/C13H15NO4/c1-4-17-11(15)13(2,3)14-9-7-5-6-8-10(9)18-12(14)16/h5-8H,4H2,1-3H3. The lowest BCUT2D eigenvalue weighted by atomic mass is 10.1. The summed E-state index contributed by atoms with van der Waals surface area (Å²) < 4.78 is 11.4. The first-order chi connectivity index (χ1) is 8.48. The van der Waals surface area contributed by atoms with Crippen LogP contribution in [-0.4, -0.2) is 17.1 Å². The Labute approximate surface area is 104 Å². The number of para-hydroxylation sites is 2. The third-order valence-corrected chi connectivity index (χ3v) is 2.82. The van der Waals surface area contributed by atoms with Gasteiger partial charge in [0.05, 0.1) is 12.1 Å². The number of fused-ring (bicyclic) bond motifs is 1. The highest BCUT2D eigenvalue weighted by Gasteiger charge is 2.35. The lowest BCUT2D eigenvalue weighted by Gasteiger charge is -2.23. The average Bonchev–Trinajstić information content (AvgIpc) is 2.65. The van der Waals surface area contributed by atoms with Crippen molar-refractivity contribution in [2.75, 3.05) is 6.61 Å². The summed E-state index contributed by atoms with van der Waals surface area (Å²) in [7, 11) is 0. The fourth-order valence-corrected chi connectivity index (χ4v) is 1.89. The molecule has 1 aromatic carbocycles. The maximum atomic E-state index is 11.9. The fraction of sp³-hybridized carbons (Fsp3) is 0.385. The number of oxazole rings is 1. The van der Waals surface area contributed by atoms with Gasteiger partial charge in [0.1, 0.15) is 5.54 Å². The Morgan fingerprint density at radius 2 is 2.06 bits per heavy atom. The van der Waals surface area contributed by atoms with Crippen molar-refractivity contribution in [3.8, 4) is 0 Å². The lowest BCUT2D eigenvalue weighted by Crippen LogP contribution is -2.42. The minimum atomic E-state index is -1.10. The van der Waals surface area contributed by atoms with Crippen LogP contribution in [0.4, 0.5) is 0 Å². The minimum absolute atomic E-state index is 0.271. The van der Waals surface area contributed by atoms with Crippen molar-refractivity contribution >= 4 is 17.1 Å². The number of carbonyl (C=O) groups is 1. The first-order valence-corrected chi connectivity index (χ1v) is 5.76. The molecule has 0 aliphatic heterocycles. The van der Waals surface area contributed by atoms with E-state index in [1.54, 1.807) is 45.0 Å². The van der Waals surface area contributed by atoms with E-state index in [2.05, 4.69) is 0 Å². The van der Waals surface area contributed by atoms with Gasteiger partial charge in [-0.2, -0.15) is 0 Å². The Morgan fingerprint density at radius 1 is 1.39 bits per heavy atom. The van der Waals surface area contributed by atoms with Gasteiger partial charge in [0.2, 0.25) is 0 Å². The van der Waals surface area contributed by atoms with Crippen LogP contribution in [0.15, 0.2) is 33.5 Å². The SMILES string of the molecule is CCOC(=O)C(C)(C)n1c(=O)oc2ccccc21. The number of nitrogens with zero attached hydrogens (tertiary/aromatic N) is 1. The lowest BCUT2D eigenvalue weighted by molar-refractivity contribution is -0.152. The van der Waals surface area contributed by atoms with Gasteiger partial charge >= 0.3 is 11.7 Å². The summed E-state index contributed by atoms with van der Waals surface area (Å²) in [5, 5.41) is 0. The summed E-state index contributed by atoms with van der Waals surface area (Å²) in [4.78, 5) is 23.8. The topological polar surface area (TPSA) is 61.4 Å². The summed E-state index contributed by atoms with van der Waals surface area (Å²) in [5.41, 5.74) is -0.0555. The molecule has 0 amide bonds. The van der Waals surface area contributed by atoms with Crippen LogP contribution in [0.2, 0.25) is 0 Å². The van der Waals surface area contributed by atoms with Gasteiger partial charge in [-0.1, -0.05) is 12.1 Å². The van der Waals surface area contributed by atoms with Crippen LogP contribution < -0.4 is 5.76 Å². The third kappa shape index (κ3) is 1.81. The Kier molecular flexibility index (Phi) is 2.98. The molecule has 2 aromatic rings. The van der Waals surface area contributed by atoms with Crippen molar-refractivity contribution in [2.45, 2.75) is 26.3 Å². The second-order valence-electron chi connectivity index (χ2n) is 4.45. The molecule has 0 bridgehead atoms. The van der Waals surface area contributed by atoms with Crippen LogP contribution in [0.25, 0.3) is 11.1 Å². The number of rotatable bonds is 3. The molecule has 0 aliphatic rings. The highest BCUT2D eigenvalue weighted by Crippen LogP contribution is 2.22. The molecular weight excluding hydrogens is 234 g/mol. The molecular formula is C13H15NO4.